The standard InChI is InChI=1S/C44H65NO11/c1-22-13-27-7-9-32-23(2)14-29(49-32)11-12-44-19-37-40(55-44)41-42(54-37)43(56-44)39-33(53-41)10-8-28(51-39)15-26(46)16-31-35(18-34(50-27)25(22)4)52-36(38(31)48-6)17-30(47-5)21-45-20-24(45)3/h22,24,27-43H,2,4,7-21H2,1,3,5-6H3/t22-,24+,27+,28-,29+,30+,31+,32+,33+,34-,35+,36-,37-,38-,39+,40+,41+,42-,43+,44+,45?/m1/s1. The van der Waals surface area contributed by atoms with Gasteiger partial charge in [-0.05, 0) is 68.9 Å². The number of carbonyl (C=O) groups excluding carboxylic acids is 1. The Balaban J connectivity index is 0.920. The van der Waals surface area contributed by atoms with Crippen molar-refractivity contribution in [2.45, 2.75) is 207 Å². The van der Waals surface area contributed by atoms with Gasteiger partial charge in [0.15, 0.2) is 5.79 Å². The molecule has 0 aromatic carbocycles. The molecule has 56 heavy (non-hydrogen) atoms. The number of Topliss-reactive ketones (excluding diaryl/α,β-unsaturated/α-hetero) is 1. The van der Waals surface area contributed by atoms with E-state index in [0.29, 0.717) is 50.5 Å². The average molecular weight is 784 g/mol. The smallest absolute Gasteiger partial charge is 0.172 e. The number of ether oxygens (including phenoxy) is 10. The monoisotopic (exact) mass is 783 g/mol. The summed E-state index contributed by atoms with van der Waals surface area (Å²) in [5.74, 6) is -0.428. The molecule has 11 rings (SSSR count). The van der Waals surface area contributed by atoms with E-state index in [1.807, 2.05) is 0 Å². The topological polar surface area (TPSA) is 112 Å². The minimum atomic E-state index is -0.767. The van der Waals surface area contributed by atoms with E-state index < -0.39 is 5.79 Å². The van der Waals surface area contributed by atoms with Crippen LogP contribution in [0.2, 0.25) is 0 Å². The van der Waals surface area contributed by atoms with E-state index >= 15 is 0 Å². The first-order chi connectivity index (χ1) is 27.1. The molecule has 0 radical (unpaired) electrons. The number of nitrogens with zero attached hydrogens (tertiary/aromatic N) is 1. The van der Waals surface area contributed by atoms with Crippen molar-refractivity contribution in [3.05, 3.63) is 24.3 Å². The summed E-state index contributed by atoms with van der Waals surface area (Å²) in [5, 5.41) is 0. The van der Waals surface area contributed by atoms with Crippen molar-refractivity contribution < 1.29 is 52.2 Å². The van der Waals surface area contributed by atoms with E-state index in [1.165, 1.54) is 0 Å². The predicted octanol–water partition coefficient (Wildman–Crippen LogP) is 4.84. The van der Waals surface area contributed by atoms with Gasteiger partial charge in [-0.3, -0.25) is 9.69 Å². The van der Waals surface area contributed by atoms with Crippen LogP contribution in [-0.4, -0.2) is 147 Å². The molecule has 0 saturated carbocycles. The van der Waals surface area contributed by atoms with Gasteiger partial charge in [-0.1, -0.05) is 20.1 Å². The highest BCUT2D eigenvalue weighted by Gasteiger charge is 2.68. The fourth-order valence-electron chi connectivity index (χ4n) is 12.2. The predicted molar refractivity (Wildman–Crippen MR) is 203 cm³/mol. The zero-order valence-corrected chi connectivity index (χ0v) is 33.9. The molecule has 12 bridgehead atoms. The number of carbonyl (C=O) groups is 1. The second kappa shape index (κ2) is 15.3. The number of ketones is 1. The van der Waals surface area contributed by atoms with Gasteiger partial charge in [-0.2, -0.15) is 0 Å². The van der Waals surface area contributed by atoms with Gasteiger partial charge in [-0.25, -0.2) is 0 Å². The number of methoxy groups -OCH3 is 2. The highest BCUT2D eigenvalue weighted by molar-refractivity contribution is 5.79. The van der Waals surface area contributed by atoms with Crippen LogP contribution in [0, 0.1) is 11.8 Å². The maximum Gasteiger partial charge on any atom is 0.172 e. The number of hydrogen-bond acceptors (Lipinski definition) is 12. The van der Waals surface area contributed by atoms with Crippen LogP contribution < -0.4 is 0 Å². The maximum absolute atomic E-state index is 14.3. The van der Waals surface area contributed by atoms with Crippen LogP contribution in [0.25, 0.3) is 0 Å². The van der Waals surface area contributed by atoms with Gasteiger partial charge >= 0.3 is 0 Å². The molecular formula is C44H65NO11. The summed E-state index contributed by atoms with van der Waals surface area (Å²) in [6.45, 7) is 15.5. The molecule has 0 aromatic heterocycles. The van der Waals surface area contributed by atoms with Crippen molar-refractivity contribution in [3.8, 4) is 0 Å². The fourth-order valence-corrected chi connectivity index (χ4v) is 12.2. The van der Waals surface area contributed by atoms with E-state index in [9.17, 15) is 4.79 Å². The van der Waals surface area contributed by atoms with Crippen LogP contribution in [0.1, 0.15) is 97.3 Å². The van der Waals surface area contributed by atoms with E-state index in [-0.39, 0.29) is 109 Å². The number of hydrogen-bond donors (Lipinski definition) is 0. The van der Waals surface area contributed by atoms with Gasteiger partial charge < -0.3 is 47.4 Å². The summed E-state index contributed by atoms with van der Waals surface area (Å²) in [7, 11) is 3.54. The molecule has 11 saturated heterocycles. The summed E-state index contributed by atoms with van der Waals surface area (Å²) < 4.78 is 67.0. The minimum absolute atomic E-state index is 0.00249. The van der Waals surface area contributed by atoms with Gasteiger partial charge in [0.1, 0.15) is 36.3 Å². The average Bonchev–Trinajstić information content (AvgIpc) is 3.37. The third-order valence-corrected chi connectivity index (χ3v) is 15.5. The van der Waals surface area contributed by atoms with E-state index in [0.717, 1.165) is 69.2 Å². The molecule has 11 heterocycles. The van der Waals surface area contributed by atoms with Gasteiger partial charge in [0, 0.05) is 77.8 Å². The molecule has 11 aliphatic heterocycles. The largest absolute Gasteiger partial charge is 0.380 e. The lowest BCUT2D eigenvalue weighted by atomic mass is 9.81. The first kappa shape index (κ1) is 38.9. The van der Waals surface area contributed by atoms with Crippen molar-refractivity contribution >= 4 is 5.78 Å². The molecule has 11 fully saturated rings. The lowest BCUT2D eigenvalue weighted by Gasteiger charge is -2.47. The molecule has 1 spiro atoms. The van der Waals surface area contributed by atoms with Crippen molar-refractivity contribution in [3.63, 3.8) is 0 Å². The summed E-state index contributed by atoms with van der Waals surface area (Å²) in [6, 6.07) is 0.584. The highest BCUT2D eigenvalue weighted by Crippen LogP contribution is 2.54. The quantitative estimate of drug-likeness (QED) is 0.272. The highest BCUT2D eigenvalue weighted by atomic mass is 16.8. The Kier molecular flexibility index (Phi) is 10.6. The van der Waals surface area contributed by atoms with Gasteiger partial charge in [-0.15, -0.1) is 0 Å². The summed E-state index contributed by atoms with van der Waals surface area (Å²) in [4.78, 5) is 16.7. The van der Waals surface area contributed by atoms with Gasteiger partial charge in [0.05, 0.1) is 67.1 Å². The molecule has 1 unspecified atom stereocenters. The zero-order chi connectivity index (χ0) is 38.5. The summed E-state index contributed by atoms with van der Waals surface area (Å²) in [6.07, 6.45) is 6.99. The molecule has 0 aliphatic carbocycles. The van der Waals surface area contributed by atoms with Crippen LogP contribution in [0.15, 0.2) is 24.3 Å². The first-order valence-electron chi connectivity index (χ1n) is 22.0. The Hall–Kier alpha value is -1.29. The van der Waals surface area contributed by atoms with Gasteiger partial charge in [0.25, 0.3) is 0 Å². The molecule has 0 amide bonds. The molecule has 12 heteroatoms. The molecule has 312 valence electrons. The summed E-state index contributed by atoms with van der Waals surface area (Å²) >= 11 is 0. The van der Waals surface area contributed by atoms with Crippen LogP contribution in [0.4, 0.5) is 0 Å². The van der Waals surface area contributed by atoms with Crippen LogP contribution >= 0.6 is 0 Å². The zero-order valence-electron chi connectivity index (χ0n) is 33.9. The second-order valence-electron chi connectivity index (χ2n) is 19.2. The fraction of sp³-hybridized carbons (Fsp3) is 0.886. The van der Waals surface area contributed by atoms with Crippen molar-refractivity contribution in [2.75, 3.05) is 27.3 Å². The third-order valence-electron chi connectivity index (χ3n) is 15.5. The Labute approximate surface area is 332 Å². The molecule has 0 N–H and O–H groups in total. The van der Waals surface area contributed by atoms with Gasteiger partial charge in [0.2, 0.25) is 0 Å². The maximum atomic E-state index is 14.3. The van der Waals surface area contributed by atoms with E-state index in [1.54, 1.807) is 14.2 Å². The molecule has 0 aromatic rings. The Morgan fingerprint density at radius 3 is 2.32 bits per heavy atom. The van der Waals surface area contributed by atoms with Crippen molar-refractivity contribution in [1.82, 2.24) is 4.90 Å². The van der Waals surface area contributed by atoms with Crippen molar-refractivity contribution in [2.24, 2.45) is 11.8 Å². The SMILES string of the molecule is C=C1C[C@@H]2CC[C@@]34C[C@H]5O[C@H]6[C@@H](O3)[C@H]3O[C@H](CC[C@@H]3O[C@H]6[C@H]5O4)CC(=O)C[C@@H]3[C@@H](OC)[C@@H](C[C@@H](CN4C[C@@H]4C)OC)O[C@H]3C[C@H]3O[C@@H](CC[C@@H]1O2)C[C@@H](C)C3=C. The Morgan fingerprint density at radius 1 is 0.768 bits per heavy atom. The lowest BCUT2D eigenvalue weighted by molar-refractivity contribution is -0.292. The molecular weight excluding hydrogens is 718 g/mol. The number of rotatable bonds is 6. The number of fused-ring (bicyclic) bond motifs is 6. The van der Waals surface area contributed by atoms with E-state index in [4.69, 9.17) is 47.4 Å². The Morgan fingerprint density at radius 2 is 1.52 bits per heavy atom. The van der Waals surface area contributed by atoms with Crippen LogP contribution in [0.5, 0.6) is 0 Å². The third kappa shape index (κ3) is 7.22. The summed E-state index contributed by atoms with van der Waals surface area (Å²) in [5.41, 5.74) is 2.27. The second-order valence-corrected chi connectivity index (χ2v) is 19.2. The first-order valence-corrected chi connectivity index (χ1v) is 22.0. The minimum Gasteiger partial charge on any atom is -0.380 e. The normalized spacial score (nSPS) is 53.1. The van der Waals surface area contributed by atoms with Crippen LogP contribution in [0.3, 0.4) is 0 Å². The van der Waals surface area contributed by atoms with Crippen LogP contribution in [-0.2, 0) is 52.2 Å². The Bertz CT molecular complexity index is 1510. The molecule has 11 aliphatic rings. The molecule has 12 nitrogen and oxygen atoms in total. The lowest BCUT2D eigenvalue weighted by Crippen LogP contribution is -2.61. The van der Waals surface area contributed by atoms with Crippen molar-refractivity contribution in [1.29, 1.82) is 0 Å². The molecule has 21 atom stereocenters. The van der Waals surface area contributed by atoms with E-state index in [2.05, 4.69) is 31.9 Å².